The molecule has 0 amide bonds. The predicted octanol–water partition coefficient (Wildman–Crippen LogP) is 7.82. The summed E-state index contributed by atoms with van der Waals surface area (Å²) in [6.45, 7) is 2.06. The van der Waals surface area contributed by atoms with Crippen LogP contribution in [0.2, 0.25) is 0 Å². The summed E-state index contributed by atoms with van der Waals surface area (Å²) in [6, 6.07) is 38.9. The van der Waals surface area contributed by atoms with Gasteiger partial charge in [0, 0.05) is 28.2 Å². The van der Waals surface area contributed by atoms with Gasteiger partial charge in [0.05, 0.1) is 16.7 Å². The number of aromatic nitrogens is 2. The Morgan fingerprint density at radius 1 is 0.562 bits per heavy atom. The summed E-state index contributed by atoms with van der Waals surface area (Å²) in [5, 5.41) is 2.53. The van der Waals surface area contributed by atoms with Gasteiger partial charge in [0.25, 0.3) is 0 Å². The topological polar surface area (TPSA) is 17.8 Å². The van der Waals surface area contributed by atoms with E-state index in [1.807, 2.05) is 6.20 Å². The van der Waals surface area contributed by atoms with E-state index in [1.54, 1.807) is 0 Å². The molecule has 0 unspecified atom stereocenters. The molecule has 0 saturated heterocycles. The third kappa shape index (κ3) is 3.09. The predicted molar refractivity (Wildman–Crippen MR) is 134 cm³/mol. The fourth-order valence-electron chi connectivity index (χ4n) is 4.50. The molecule has 0 bridgehead atoms. The first-order valence-electron chi connectivity index (χ1n) is 10.9. The number of pyridine rings is 1. The zero-order valence-corrected chi connectivity index (χ0v) is 17.9. The van der Waals surface area contributed by atoms with E-state index in [0.29, 0.717) is 0 Å². The van der Waals surface area contributed by atoms with Gasteiger partial charge in [0.2, 0.25) is 0 Å². The Morgan fingerprint density at radius 2 is 1.31 bits per heavy atom. The molecule has 2 aromatic heterocycles. The third-order valence-electron chi connectivity index (χ3n) is 6.09. The van der Waals surface area contributed by atoms with E-state index in [2.05, 4.69) is 126 Å². The van der Waals surface area contributed by atoms with Crippen molar-refractivity contribution >= 4 is 21.8 Å². The van der Waals surface area contributed by atoms with Gasteiger partial charge in [-0.15, -0.1) is 0 Å². The van der Waals surface area contributed by atoms with Crippen LogP contribution in [0.4, 0.5) is 0 Å². The maximum Gasteiger partial charge on any atom is 0.0702 e. The lowest BCUT2D eigenvalue weighted by atomic mass is 9.99. The van der Waals surface area contributed by atoms with Gasteiger partial charge in [-0.05, 0) is 66.1 Å². The van der Waals surface area contributed by atoms with Crippen LogP contribution in [0.5, 0.6) is 0 Å². The van der Waals surface area contributed by atoms with Gasteiger partial charge in [-0.25, -0.2) is 0 Å². The quantitative estimate of drug-likeness (QED) is 0.291. The Kier molecular flexibility index (Phi) is 4.36. The van der Waals surface area contributed by atoms with Crippen molar-refractivity contribution in [3.63, 3.8) is 0 Å². The second-order valence-corrected chi connectivity index (χ2v) is 8.22. The average Bonchev–Trinajstić information content (AvgIpc) is 3.19. The molecule has 4 aromatic carbocycles. The van der Waals surface area contributed by atoms with Gasteiger partial charge in [-0.2, -0.15) is 0 Å². The second kappa shape index (κ2) is 7.51. The molecule has 0 aliphatic rings. The van der Waals surface area contributed by atoms with Gasteiger partial charge >= 0.3 is 0 Å². The van der Waals surface area contributed by atoms with E-state index >= 15 is 0 Å². The molecule has 0 spiro atoms. The number of nitrogens with zero attached hydrogens (tertiary/aromatic N) is 2. The summed E-state index contributed by atoms with van der Waals surface area (Å²) >= 11 is 0. The normalized spacial score (nSPS) is 11.3. The van der Waals surface area contributed by atoms with Gasteiger partial charge < -0.3 is 4.57 Å². The Bertz CT molecular complexity index is 1560. The molecule has 0 atom stereocenters. The molecule has 2 nitrogen and oxygen atoms in total. The lowest BCUT2D eigenvalue weighted by Gasteiger charge is -2.09. The fraction of sp³-hybridized carbons (Fsp3) is 0.0333. The number of fused-ring (bicyclic) bond motifs is 3. The summed E-state index contributed by atoms with van der Waals surface area (Å²) in [5.74, 6) is 0. The number of benzene rings is 4. The van der Waals surface area contributed by atoms with Crippen molar-refractivity contribution in [2.75, 3.05) is 0 Å². The SMILES string of the molecule is Cc1ccc(-c2cccc(-c3ccc4c(c3)c3ccccc3n4-c3ccccc3)c2)nc1. The third-order valence-corrected chi connectivity index (χ3v) is 6.09. The molecule has 32 heavy (non-hydrogen) atoms. The molecule has 6 rings (SSSR count). The van der Waals surface area contributed by atoms with Crippen molar-refractivity contribution in [3.8, 4) is 28.1 Å². The van der Waals surface area contributed by atoms with Crippen LogP contribution < -0.4 is 0 Å². The Balaban J connectivity index is 1.53. The number of hydrogen-bond acceptors (Lipinski definition) is 1. The van der Waals surface area contributed by atoms with Gasteiger partial charge in [0.1, 0.15) is 0 Å². The minimum absolute atomic E-state index is 0.999. The van der Waals surface area contributed by atoms with Gasteiger partial charge in [0.15, 0.2) is 0 Å². The van der Waals surface area contributed by atoms with Crippen LogP contribution in [0, 0.1) is 6.92 Å². The molecule has 0 aliphatic heterocycles. The first-order chi connectivity index (χ1) is 15.8. The number of aryl methyl sites for hydroxylation is 1. The standard InChI is InChI=1S/C30H22N2/c1-21-14-16-28(31-20-21)24-9-7-8-22(18-24)23-15-17-30-27(19-23)26-12-5-6-13-29(26)32(30)25-10-3-2-4-11-25/h2-20H,1H3. The zero-order chi connectivity index (χ0) is 21.5. The van der Waals surface area contributed by atoms with E-state index in [1.165, 1.54) is 44.2 Å². The Morgan fingerprint density at radius 3 is 2.16 bits per heavy atom. The minimum atomic E-state index is 0.999. The molecular weight excluding hydrogens is 388 g/mol. The van der Waals surface area contributed by atoms with Crippen molar-refractivity contribution in [2.24, 2.45) is 0 Å². The zero-order valence-electron chi connectivity index (χ0n) is 17.9. The van der Waals surface area contributed by atoms with Crippen LogP contribution in [0.25, 0.3) is 49.9 Å². The molecule has 152 valence electrons. The van der Waals surface area contributed by atoms with Crippen molar-refractivity contribution in [2.45, 2.75) is 6.92 Å². The van der Waals surface area contributed by atoms with E-state index < -0.39 is 0 Å². The number of para-hydroxylation sites is 2. The average molecular weight is 411 g/mol. The highest BCUT2D eigenvalue weighted by atomic mass is 15.0. The molecule has 0 radical (unpaired) electrons. The first kappa shape index (κ1) is 18.6. The minimum Gasteiger partial charge on any atom is -0.309 e. The highest BCUT2D eigenvalue weighted by Crippen LogP contribution is 2.35. The van der Waals surface area contributed by atoms with Gasteiger partial charge in [-0.3, -0.25) is 4.98 Å². The summed E-state index contributed by atoms with van der Waals surface area (Å²) < 4.78 is 2.35. The van der Waals surface area contributed by atoms with Crippen LogP contribution in [-0.4, -0.2) is 9.55 Å². The summed E-state index contributed by atoms with van der Waals surface area (Å²) in [5.41, 5.74) is 9.34. The van der Waals surface area contributed by atoms with E-state index in [9.17, 15) is 0 Å². The first-order valence-corrected chi connectivity index (χ1v) is 10.9. The molecule has 0 aliphatic carbocycles. The lowest BCUT2D eigenvalue weighted by molar-refractivity contribution is 1.18. The smallest absolute Gasteiger partial charge is 0.0702 e. The van der Waals surface area contributed by atoms with Crippen molar-refractivity contribution in [3.05, 3.63) is 121 Å². The van der Waals surface area contributed by atoms with E-state index in [-0.39, 0.29) is 0 Å². The maximum atomic E-state index is 4.61. The molecule has 2 heterocycles. The summed E-state index contributed by atoms with van der Waals surface area (Å²) in [7, 11) is 0. The van der Waals surface area contributed by atoms with Gasteiger partial charge in [-0.1, -0.05) is 66.7 Å². The molecule has 2 heteroatoms. The van der Waals surface area contributed by atoms with Crippen molar-refractivity contribution in [1.82, 2.24) is 9.55 Å². The number of hydrogen-bond donors (Lipinski definition) is 0. The van der Waals surface area contributed by atoms with Crippen LogP contribution in [0.15, 0.2) is 115 Å². The lowest BCUT2D eigenvalue weighted by Crippen LogP contribution is -1.92. The van der Waals surface area contributed by atoms with Crippen LogP contribution in [0.1, 0.15) is 5.56 Å². The molecule has 0 fully saturated rings. The van der Waals surface area contributed by atoms with Crippen LogP contribution >= 0.6 is 0 Å². The largest absolute Gasteiger partial charge is 0.309 e. The summed E-state index contributed by atoms with van der Waals surface area (Å²) in [6.07, 6.45) is 1.92. The maximum absolute atomic E-state index is 4.61. The fourth-order valence-corrected chi connectivity index (χ4v) is 4.50. The number of rotatable bonds is 3. The van der Waals surface area contributed by atoms with Crippen LogP contribution in [-0.2, 0) is 0 Å². The Hall–Kier alpha value is -4.17. The van der Waals surface area contributed by atoms with E-state index in [0.717, 1.165) is 11.3 Å². The summed E-state index contributed by atoms with van der Waals surface area (Å²) in [4.78, 5) is 4.61. The second-order valence-electron chi connectivity index (χ2n) is 8.22. The van der Waals surface area contributed by atoms with Crippen molar-refractivity contribution in [1.29, 1.82) is 0 Å². The molecule has 6 aromatic rings. The molecular formula is C30H22N2. The molecule has 0 N–H and O–H groups in total. The highest BCUT2D eigenvalue weighted by molar-refractivity contribution is 6.10. The Labute approximate surface area is 187 Å². The molecule has 0 saturated carbocycles. The van der Waals surface area contributed by atoms with Crippen LogP contribution in [0.3, 0.4) is 0 Å². The van der Waals surface area contributed by atoms with E-state index in [4.69, 9.17) is 0 Å². The monoisotopic (exact) mass is 410 g/mol. The van der Waals surface area contributed by atoms with Crippen molar-refractivity contribution < 1.29 is 0 Å². The highest BCUT2D eigenvalue weighted by Gasteiger charge is 2.13.